The van der Waals surface area contributed by atoms with Gasteiger partial charge in [-0.05, 0) is 88.4 Å². The molecule has 3 heterocycles. The predicted molar refractivity (Wildman–Crippen MR) is 295 cm³/mol. The second-order valence-corrected chi connectivity index (χ2v) is 22.5. The number of H-pyrrole nitrogens is 1. The predicted octanol–water partition coefficient (Wildman–Crippen LogP) is -0.467. The van der Waals surface area contributed by atoms with Gasteiger partial charge in [-0.1, -0.05) is 65.8 Å². The highest BCUT2D eigenvalue weighted by Gasteiger charge is 2.40. The summed E-state index contributed by atoms with van der Waals surface area (Å²) in [5.41, 5.74) is 2.12. The zero-order valence-corrected chi connectivity index (χ0v) is 46.2. The fourth-order valence-electron chi connectivity index (χ4n) is 9.11. The van der Waals surface area contributed by atoms with Gasteiger partial charge in [-0.25, -0.2) is 0 Å². The van der Waals surface area contributed by atoms with Gasteiger partial charge in [0.25, 0.3) is 0 Å². The number of para-hydroxylation sites is 1. The highest BCUT2D eigenvalue weighted by Crippen LogP contribution is 2.26. The summed E-state index contributed by atoms with van der Waals surface area (Å²) in [6.45, 7) is 7.80. The van der Waals surface area contributed by atoms with Gasteiger partial charge in [-0.15, -0.1) is 0 Å². The van der Waals surface area contributed by atoms with Crippen LogP contribution in [0, 0.1) is 5.92 Å². The van der Waals surface area contributed by atoms with Crippen molar-refractivity contribution in [3.63, 3.8) is 0 Å². The van der Waals surface area contributed by atoms with Crippen molar-refractivity contribution >= 4 is 79.8 Å². The maximum absolute atomic E-state index is 14.8. The minimum absolute atomic E-state index is 0.00690. The molecule has 2 aliphatic rings. The molecule has 77 heavy (non-hydrogen) atoms. The van der Waals surface area contributed by atoms with E-state index in [1.165, 1.54) is 38.6 Å². The molecule has 0 radical (unpaired) electrons. The monoisotopic (exact) mass is 1110 g/mol. The van der Waals surface area contributed by atoms with Crippen molar-refractivity contribution in [3.05, 3.63) is 65.9 Å². The van der Waals surface area contributed by atoms with Gasteiger partial charge in [-0.2, -0.15) is 0 Å². The van der Waals surface area contributed by atoms with Crippen LogP contribution in [0.1, 0.15) is 64.0 Å². The Balaban J connectivity index is 1.43. The van der Waals surface area contributed by atoms with Crippen LogP contribution >= 0.6 is 21.6 Å². The molecular weight excluding hydrogens is 1030 g/mol. The van der Waals surface area contributed by atoms with Crippen LogP contribution in [0.4, 0.5) is 0 Å². The Labute approximate surface area is 457 Å². The number of aromatic nitrogens is 1. The van der Waals surface area contributed by atoms with Gasteiger partial charge < -0.3 is 67.7 Å². The molecule has 25 heteroatoms. The zero-order valence-electron chi connectivity index (χ0n) is 44.5. The van der Waals surface area contributed by atoms with E-state index in [1.807, 2.05) is 57.1 Å². The number of rotatable bonds is 23. The first-order valence-corrected chi connectivity index (χ1v) is 28.7. The van der Waals surface area contributed by atoms with Gasteiger partial charge in [0.05, 0.1) is 12.6 Å². The fraction of sp³-hybridized carbons (Fsp3) is 0.577. The van der Waals surface area contributed by atoms with Crippen LogP contribution < -0.4 is 47.9 Å². The van der Waals surface area contributed by atoms with Crippen molar-refractivity contribution in [1.29, 1.82) is 0 Å². The Morgan fingerprint density at radius 2 is 1.56 bits per heavy atom. The topological polar surface area (TPSA) is 328 Å². The number of aliphatic hydroxyl groups excluding tert-OH is 1. The molecule has 0 saturated carbocycles. The Morgan fingerprint density at radius 1 is 0.857 bits per heavy atom. The quantitative estimate of drug-likeness (QED) is 0.0422. The molecule has 23 nitrogen and oxygen atoms in total. The summed E-state index contributed by atoms with van der Waals surface area (Å²) < 4.78 is 0. The normalized spacial score (nSPS) is 21.6. The van der Waals surface area contributed by atoms with Crippen LogP contribution in [0.3, 0.4) is 0 Å². The lowest BCUT2D eigenvalue weighted by molar-refractivity contribution is -0.142. The number of carbonyl (C=O) groups is 8. The molecule has 2 fully saturated rings. The Morgan fingerprint density at radius 3 is 2.25 bits per heavy atom. The Kier molecular flexibility index (Phi) is 25.3. The number of aromatic amines is 1. The molecule has 8 atom stereocenters. The van der Waals surface area contributed by atoms with E-state index in [9.17, 15) is 53.7 Å². The summed E-state index contributed by atoms with van der Waals surface area (Å²) in [7, 11) is 6.16. The van der Waals surface area contributed by atoms with Crippen molar-refractivity contribution < 1.29 is 53.7 Å². The van der Waals surface area contributed by atoms with E-state index in [4.69, 9.17) is 0 Å². The molecule has 13 N–H and O–H groups in total. The molecule has 2 aliphatic heterocycles. The summed E-state index contributed by atoms with van der Waals surface area (Å²) in [5.74, 6) is -5.64. The highest BCUT2D eigenvalue weighted by atomic mass is 33.1. The standard InChI is InChI=1S/C52H78N12O11S2/c1-31(2)23-39-49(72)57-32(3)29-76-77-30-42(52(75)64-20-8-11-43(64)51(74)61-40(47(70)56-27-44(66)58-39)24-33-12-14-35(65)15-13-33)62-48(71)38(16-17-46(68)69)60-50(73)41(25-34-26-55-37-10-7-6-9-36(34)37)59-45(67)28-63(21-18-53-4)22-19-54-5/h6-7,9-10,12-15,26,31-32,38-43,45,53-55,59,65,67H,8,11,16-25,27-30H2,1-5H3,(H,56,70)(H,57,72)(H,58,66)(H,60,73)(H,61,74)(H,62,71)(H,68,69)/t32-,38+,39+,40+,41+,42+,43?,45+/m1/s1. The van der Waals surface area contributed by atoms with E-state index in [1.54, 1.807) is 25.3 Å². The average Bonchev–Trinajstić information content (AvgIpc) is 4.07. The molecule has 0 spiro atoms. The lowest BCUT2D eigenvalue weighted by Gasteiger charge is -2.31. The third-order valence-electron chi connectivity index (χ3n) is 13.1. The number of phenols is 1. The molecule has 1 unspecified atom stereocenters. The SMILES string of the molecule is CNCCN(CCNC)C[C@H](O)N[C@@H](Cc1c[nH]c2ccccc12)C(=O)N[C@@H](CCC(=O)O)C(=O)N[C@H]1CSSC[C@@H](C)NC(=O)[C@H](CC(C)C)NC(=O)CNC(=O)[C@H](Cc2ccc(O)cc2)NC(=O)C2CCCN2C1=O. The zero-order chi connectivity index (χ0) is 56.0. The number of nitrogens with one attached hydrogen (secondary N) is 10. The number of likely N-dealkylation sites (N-methyl/N-ethyl adjacent to an activating group) is 2. The molecule has 5 rings (SSSR count). The number of hydrogen-bond acceptors (Lipinski definition) is 16. The van der Waals surface area contributed by atoms with E-state index in [2.05, 4.69) is 52.8 Å². The minimum atomic E-state index is -1.48. The first-order chi connectivity index (χ1) is 36.8. The number of aliphatic hydroxyl groups is 1. The summed E-state index contributed by atoms with van der Waals surface area (Å²) >= 11 is 0. The number of amides is 7. The third-order valence-corrected chi connectivity index (χ3v) is 15.7. The van der Waals surface area contributed by atoms with Gasteiger partial charge in [0.15, 0.2) is 0 Å². The van der Waals surface area contributed by atoms with Gasteiger partial charge in [-0.3, -0.25) is 48.6 Å². The number of aromatic hydroxyl groups is 1. The number of aliphatic carboxylic acids is 1. The number of carbonyl (C=O) groups excluding carboxylic acids is 7. The van der Waals surface area contributed by atoms with Crippen LogP contribution in [0.5, 0.6) is 5.75 Å². The summed E-state index contributed by atoms with van der Waals surface area (Å²) in [4.78, 5) is 118. The van der Waals surface area contributed by atoms with Crippen LogP contribution in [0.25, 0.3) is 10.9 Å². The van der Waals surface area contributed by atoms with Gasteiger partial charge in [0.1, 0.15) is 42.2 Å². The summed E-state index contributed by atoms with van der Waals surface area (Å²) in [6, 6.07) is 5.84. The van der Waals surface area contributed by atoms with Crippen molar-refractivity contribution in [2.24, 2.45) is 5.92 Å². The van der Waals surface area contributed by atoms with E-state index in [-0.39, 0.29) is 56.2 Å². The number of carboxylic acid groups (broad SMARTS) is 1. The number of nitrogens with zero attached hydrogens (tertiary/aromatic N) is 2. The molecule has 424 valence electrons. The maximum Gasteiger partial charge on any atom is 0.303 e. The lowest BCUT2D eigenvalue weighted by atomic mass is 10.0. The smallest absolute Gasteiger partial charge is 0.303 e. The summed E-state index contributed by atoms with van der Waals surface area (Å²) in [6.07, 6.45) is 0.547. The van der Waals surface area contributed by atoms with Crippen LogP contribution in [0.15, 0.2) is 54.7 Å². The molecule has 3 aromatic rings. The van der Waals surface area contributed by atoms with Gasteiger partial charge in [0.2, 0.25) is 41.4 Å². The van der Waals surface area contributed by atoms with Gasteiger partial charge in [0, 0.05) is 86.8 Å². The van der Waals surface area contributed by atoms with Crippen LogP contribution in [-0.4, -0.2) is 197 Å². The molecule has 2 aromatic carbocycles. The number of benzene rings is 2. The molecule has 2 saturated heterocycles. The van der Waals surface area contributed by atoms with E-state index in [0.717, 1.165) is 16.5 Å². The molecule has 1 aromatic heterocycles. The van der Waals surface area contributed by atoms with Crippen molar-refractivity contribution in [2.75, 3.05) is 71.4 Å². The van der Waals surface area contributed by atoms with Crippen LogP contribution in [-0.2, 0) is 51.2 Å². The largest absolute Gasteiger partial charge is 0.508 e. The van der Waals surface area contributed by atoms with E-state index >= 15 is 0 Å². The van der Waals surface area contributed by atoms with E-state index in [0.29, 0.717) is 50.3 Å². The number of hydrogen-bond donors (Lipinski definition) is 13. The van der Waals surface area contributed by atoms with Gasteiger partial charge >= 0.3 is 5.97 Å². The lowest BCUT2D eigenvalue weighted by Crippen LogP contribution is -2.60. The molecule has 0 bridgehead atoms. The average molecular weight is 1110 g/mol. The molecule has 0 aliphatic carbocycles. The highest BCUT2D eigenvalue weighted by molar-refractivity contribution is 8.76. The minimum Gasteiger partial charge on any atom is -0.508 e. The first-order valence-electron chi connectivity index (χ1n) is 26.2. The number of carboxylic acids is 1. The second-order valence-electron chi connectivity index (χ2n) is 19.9. The fourth-order valence-corrected chi connectivity index (χ4v) is 11.5. The Bertz CT molecular complexity index is 2440. The number of fused-ring (bicyclic) bond motifs is 2. The van der Waals surface area contributed by atoms with Crippen LogP contribution in [0.2, 0.25) is 0 Å². The molecule has 7 amide bonds. The number of phenolic OH excluding ortho intramolecular Hbond substituents is 1. The van der Waals surface area contributed by atoms with Crippen molar-refractivity contribution in [1.82, 2.24) is 62.6 Å². The van der Waals surface area contributed by atoms with Crippen molar-refractivity contribution in [3.8, 4) is 5.75 Å². The molecular formula is C52H78N12O11S2. The first kappa shape index (κ1) is 61.9. The Hall–Kier alpha value is -5.96. The van der Waals surface area contributed by atoms with E-state index < -0.39 is 109 Å². The van der Waals surface area contributed by atoms with Crippen molar-refractivity contribution in [2.45, 2.75) is 114 Å². The maximum atomic E-state index is 14.8. The third kappa shape index (κ3) is 20.1. The summed E-state index contributed by atoms with van der Waals surface area (Å²) in [5, 5.41) is 57.9. The second kappa shape index (κ2) is 31.4.